The fourth-order valence-electron chi connectivity index (χ4n) is 4.57. The number of carbonyl (C=O) groups excluding carboxylic acids is 1. The molecule has 35 heavy (non-hydrogen) atoms. The second kappa shape index (κ2) is 10.9. The van der Waals surface area contributed by atoms with Gasteiger partial charge in [-0.3, -0.25) is 0 Å². The molecule has 2 atom stereocenters. The number of benzene rings is 2. The lowest BCUT2D eigenvalue weighted by Gasteiger charge is -2.30. The van der Waals surface area contributed by atoms with Gasteiger partial charge in [-0.2, -0.15) is 0 Å². The number of rotatable bonds is 7. The van der Waals surface area contributed by atoms with Gasteiger partial charge in [0.05, 0.1) is 35.5 Å². The summed E-state index contributed by atoms with van der Waals surface area (Å²) in [4.78, 5) is 13.0. The van der Waals surface area contributed by atoms with E-state index in [2.05, 4.69) is 13.8 Å². The Morgan fingerprint density at radius 3 is 1.57 bits per heavy atom. The number of fused-ring (bicyclic) bond motifs is 3. The standard InChI is InChI=1S/C28H36O7/c1-10-15(2)28(29)35-27-23-19(14-21(31-6)25(27)33-8)12-17(4)16(3)11-18-13-20(30-5)24(32-7)26(34-9)22(18)23/h10,13-14,16-17H,11-12H2,1-9H3/t16-,17+/m1/s1. The Bertz CT molecular complexity index is 1130. The van der Waals surface area contributed by atoms with E-state index < -0.39 is 5.97 Å². The van der Waals surface area contributed by atoms with Crippen LogP contribution in [0, 0.1) is 11.8 Å². The minimum atomic E-state index is -0.467. The third-order valence-electron chi connectivity index (χ3n) is 6.87. The summed E-state index contributed by atoms with van der Waals surface area (Å²) in [5.74, 6) is 2.94. The average Bonchev–Trinajstić information content (AvgIpc) is 2.86. The van der Waals surface area contributed by atoms with Crippen LogP contribution in [0.2, 0.25) is 0 Å². The van der Waals surface area contributed by atoms with E-state index in [1.165, 1.54) is 7.11 Å². The topological polar surface area (TPSA) is 72.5 Å². The summed E-state index contributed by atoms with van der Waals surface area (Å²) in [5, 5.41) is 0. The first-order chi connectivity index (χ1) is 16.8. The fraction of sp³-hybridized carbons (Fsp3) is 0.464. The van der Waals surface area contributed by atoms with Crippen molar-refractivity contribution in [3.8, 4) is 45.6 Å². The molecule has 3 rings (SSSR count). The molecule has 2 aromatic carbocycles. The summed E-state index contributed by atoms with van der Waals surface area (Å²) < 4.78 is 34.7. The minimum absolute atomic E-state index is 0.293. The van der Waals surface area contributed by atoms with Crippen LogP contribution in [0.15, 0.2) is 23.8 Å². The van der Waals surface area contributed by atoms with Crippen molar-refractivity contribution in [1.82, 2.24) is 0 Å². The maximum absolute atomic E-state index is 13.0. The Balaban J connectivity index is 2.53. The molecule has 0 spiro atoms. The molecular weight excluding hydrogens is 448 g/mol. The Morgan fingerprint density at radius 1 is 0.743 bits per heavy atom. The van der Waals surface area contributed by atoms with Crippen molar-refractivity contribution in [2.24, 2.45) is 11.8 Å². The van der Waals surface area contributed by atoms with Crippen LogP contribution in [-0.4, -0.2) is 41.5 Å². The van der Waals surface area contributed by atoms with Crippen LogP contribution in [0.5, 0.6) is 34.5 Å². The van der Waals surface area contributed by atoms with Crippen molar-refractivity contribution in [2.45, 2.75) is 40.5 Å². The summed E-state index contributed by atoms with van der Waals surface area (Å²) in [5.41, 5.74) is 3.98. The van der Waals surface area contributed by atoms with Gasteiger partial charge >= 0.3 is 5.97 Å². The molecule has 0 radical (unpaired) electrons. The van der Waals surface area contributed by atoms with Crippen LogP contribution in [0.3, 0.4) is 0 Å². The van der Waals surface area contributed by atoms with Gasteiger partial charge in [0.15, 0.2) is 23.0 Å². The quantitative estimate of drug-likeness (QED) is 0.286. The van der Waals surface area contributed by atoms with Gasteiger partial charge in [0.2, 0.25) is 11.5 Å². The molecule has 0 fully saturated rings. The Morgan fingerprint density at radius 2 is 1.17 bits per heavy atom. The van der Waals surface area contributed by atoms with Gasteiger partial charge in [0.1, 0.15) is 0 Å². The second-order valence-electron chi connectivity index (χ2n) is 8.88. The number of carbonyl (C=O) groups is 1. The Hall–Kier alpha value is -3.35. The fourth-order valence-corrected chi connectivity index (χ4v) is 4.57. The molecule has 0 saturated carbocycles. The van der Waals surface area contributed by atoms with E-state index in [1.807, 2.05) is 12.1 Å². The summed E-state index contributed by atoms with van der Waals surface area (Å²) in [7, 11) is 7.88. The molecule has 0 aliphatic heterocycles. The van der Waals surface area contributed by atoms with E-state index in [9.17, 15) is 4.79 Å². The lowest BCUT2D eigenvalue weighted by atomic mass is 9.77. The van der Waals surface area contributed by atoms with Gasteiger partial charge in [0, 0.05) is 16.7 Å². The van der Waals surface area contributed by atoms with Gasteiger partial charge < -0.3 is 28.4 Å². The number of hydrogen-bond donors (Lipinski definition) is 0. The maximum atomic E-state index is 13.0. The third-order valence-corrected chi connectivity index (χ3v) is 6.87. The number of esters is 1. The van der Waals surface area contributed by atoms with Crippen LogP contribution < -0.4 is 28.4 Å². The van der Waals surface area contributed by atoms with E-state index in [1.54, 1.807) is 48.4 Å². The molecule has 0 unspecified atom stereocenters. The van der Waals surface area contributed by atoms with Crippen molar-refractivity contribution in [1.29, 1.82) is 0 Å². The summed E-state index contributed by atoms with van der Waals surface area (Å²) in [6.45, 7) is 7.97. The second-order valence-corrected chi connectivity index (χ2v) is 8.88. The van der Waals surface area contributed by atoms with E-state index >= 15 is 0 Å². The van der Waals surface area contributed by atoms with E-state index in [0.29, 0.717) is 51.9 Å². The largest absolute Gasteiger partial charge is 0.493 e. The van der Waals surface area contributed by atoms with Crippen molar-refractivity contribution in [2.75, 3.05) is 35.5 Å². The normalized spacial score (nSPS) is 17.3. The van der Waals surface area contributed by atoms with Gasteiger partial charge in [-0.25, -0.2) is 4.79 Å². The summed E-state index contributed by atoms with van der Waals surface area (Å²) >= 11 is 0. The smallest absolute Gasteiger partial charge is 0.338 e. The van der Waals surface area contributed by atoms with Gasteiger partial charge in [-0.1, -0.05) is 19.9 Å². The number of methoxy groups -OCH3 is 5. The summed E-state index contributed by atoms with van der Waals surface area (Å²) in [6, 6.07) is 3.94. The molecule has 1 aliphatic carbocycles. The molecule has 7 nitrogen and oxygen atoms in total. The first kappa shape index (κ1) is 26.3. The molecule has 7 heteroatoms. The van der Waals surface area contributed by atoms with Crippen molar-refractivity contribution < 1.29 is 33.2 Å². The zero-order valence-corrected chi connectivity index (χ0v) is 22.2. The molecule has 0 saturated heterocycles. The molecule has 2 aromatic rings. The van der Waals surface area contributed by atoms with Crippen molar-refractivity contribution in [3.05, 3.63) is 34.9 Å². The third kappa shape index (κ3) is 4.77. The molecule has 0 N–H and O–H groups in total. The highest BCUT2D eigenvalue weighted by atomic mass is 16.6. The SMILES string of the molecule is CC=C(C)C(=O)Oc1c(OC)c(OC)cc2c1-c1c(cc(OC)c(OC)c1OC)C[C@@H](C)[C@@H](C)C2. The van der Waals surface area contributed by atoms with Gasteiger partial charge in [-0.05, 0) is 61.8 Å². The minimum Gasteiger partial charge on any atom is -0.493 e. The van der Waals surface area contributed by atoms with Crippen LogP contribution in [0.25, 0.3) is 11.1 Å². The van der Waals surface area contributed by atoms with E-state index in [-0.39, 0.29) is 0 Å². The maximum Gasteiger partial charge on any atom is 0.338 e. The molecule has 1 aliphatic rings. The predicted molar refractivity (Wildman–Crippen MR) is 135 cm³/mol. The van der Waals surface area contributed by atoms with Crippen molar-refractivity contribution in [3.63, 3.8) is 0 Å². The molecule has 0 amide bonds. The zero-order valence-electron chi connectivity index (χ0n) is 22.2. The highest BCUT2D eigenvalue weighted by molar-refractivity contribution is 5.94. The number of allylic oxidation sites excluding steroid dienone is 1. The number of ether oxygens (including phenoxy) is 6. The Kier molecular flexibility index (Phi) is 8.20. The van der Waals surface area contributed by atoms with Gasteiger partial charge in [-0.15, -0.1) is 0 Å². The lowest BCUT2D eigenvalue weighted by Crippen LogP contribution is -2.19. The molecule has 0 heterocycles. The van der Waals surface area contributed by atoms with E-state index in [4.69, 9.17) is 28.4 Å². The first-order valence-electron chi connectivity index (χ1n) is 11.7. The van der Waals surface area contributed by atoms with Crippen LogP contribution in [0.1, 0.15) is 38.8 Å². The van der Waals surface area contributed by atoms with Crippen LogP contribution >= 0.6 is 0 Å². The van der Waals surface area contributed by atoms with Gasteiger partial charge in [0.25, 0.3) is 0 Å². The Labute approximate surface area is 207 Å². The highest BCUT2D eigenvalue weighted by Gasteiger charge is 2.34. The lowest BCUT2D eigenvalue weighted by molar-refractivity contribution is -0.130. The monoisotopic (exact) mass is 484 g/mol. The highest BCUT2D eigenvalue weighted by Crippen LogP contribution is 2.56. The van der Waals surface area contributed by atoms with Crippen molar-refractivity contribution >= 4 is 5.97 Å². The first-order valence-corrected chi connectivity index (χ1v) is 11.7. The molecule has 0 aromatic heterocycles. The molecular formula is C28H36O7. The molecule has 190 valence electrons. The number of hydrogen-bond acceptors (Lipinski definition) is 7. The molecule has 0 bridgehead atoms. The van der Waals surface area contributed by atoms with Crippen LogP contribution in [0.4, 0.5) is 0 Å². The van der Waals surface area contributed by atoms with Crippen LogP contribution in [-0.2, 0) is 17.6 Å². The predicted octanol–water partition coefficient (Wildman–Crippen LogP) is 5.64. The summed E-state index contributed by atoms with van der Waals surface area (Å²) in [6.07, 6.45) is 3.24. The van der Waals surface area contributed by atoms with E-state index in [0.717, 1.165) is 35.1 Å². The zero-order chi connectivity index (χ0) is 25.9. The average molecular weight is 485 g/mol.